The minimum absolute atomic E-state index is 0.0813. The lowest BCUT2D eigenvalue weighted by Crippen LogP contribution is -2.32. The lowest BCUT2D eigenvalue weighted by atomic mass is 10.3. The Morgan fingerprint density at radius 1 is 1.24 bits per heavy atom. The molecular weight excluding hydrogens is 309 g/mol. The summed E-state index contributed by atoms with van der Waals surface area (Å²) >= 11 is 2.85. The molecule has 0 bridgehead atoms. The first-order valence-corrected chi connectivity index (χ1v) is 5.82. The van der Waals surface area contributed by atoms with Crippen LogP contribution in [0.3, 0.4) is 0 Å². The SMILES string of the molecule is CC(C)OC(=O)CC(CBr)OC(=O)C(F)(F)F. The van der Waals surface area contributed by atoms with Gasteiger partial charge in [-0.3, -0.25) is 4.79 Å². The van der Waals surface area contributed by atoms with Crippen molar-refractivity contribution in [3.63, 3.8) is 0 Å². The van der Waals surface area contributed by atoms with Crippen LogP contribution in [0.4, 0.5) is 13.2 Å². The summed E-state index contributed by atoms with van der Waals surface area (Å²) in [5.74, 6) is -3.04. The van der Waals surface area contributed by atoms with E-state index < -0.39 is 30.6 Å². The van der Waals surface area contributed by atoms with E-state index in [-0.39, 0.29) is 11.4 Å². The van der Waals surface area contributed by atoms with Gasteiger partial charge in [0.2, 0.25) is 0 Å². The second kappa shape index (κ2) is 6.83. The zero-order chi connectivity index (χ0) is 13.6. The lowest BCUT2D eigenvalue weighted by Gasteiger charge is -2.16. The van der Waals surface area contributed by atoms with E-state index >= 15 is 0 Å². The van der Waals surface area contributed by atoms with Gasteiger partial charge in [-0.05, 0) is 13.8 Å². The lowest BCUT2D eigenvalue weighted by molar-refractivity contribution is -0.204. The molecule has 4 nitrogen and oxygen atoms in total. The van der Waals surface area contributed by atoms with E-state index in [9.17, 15) is 22.8 Å². The molecule has 0 heterocycles. The number of rotatable bonds is 5. The van der Waals surface area contributed by atoms with Crippen LogP contribution in [0.15, 0.2) is 0 Å². The Morgan fingerprint density at radius 2 is 1.76 bits per heavy atom. The predicted octanol–water partition coefficient (Wildman–Crippen LogP) is 2.20. The number of hydrogen-bond donors (Lipinski definition) is 0. The van der Waals surface area contributed by atoms with Crippen molar-refractivity contribution in [2.75, 3.05) is 5.33 Å². The first-order valence-electron chi connectivity index (χ1n) is 4.70. The van der Waals surface area contributed by atoms with Crippen molar-refractivity contribution in [1.82, 2.24) is 0 Å². The molecule has 0 fully saturated rings. The normalized spacial score (nSPS) is 13.4. The van der Waals surface area contributed by atoms with Gasteiger partial charge in [-0.1, -0.05) is 15.9 Å². The van der Waals surface area contributed by atoms with Gasteiger partial charge in [0, 0.05) is 5.33 Å². The van der Waals surface area contributed by atoms with E-state index in [1.54, 1.807) is 13.8 Å². The second-order valence-corrected chi connectivity index (χ2v) is 4.07. The van der Waals surface area contributed by atoms with Gasteiger partial charge in [-0.15, -0.1) is 0 Å². The third-order valence-corrected chi connectivity index (χ3v) is 2.16. The first kappa shape index (κ1) is 16.2. The summed E-state index contributed by atoms with van der Waals surface area (Å²) in [4.78, 5) is 21.7. The van der Waals surface area contributed by atoms with Crippen LogP contribution >= 0.6 is 15.9 Å². The maximum atomic E-state index is 11.9. The molecule has 0 saturated carbocycles. The van der Waals surface area contributed by atoms with Gasteiger partial charge in [-0.25, -0.2) is 4.79 Å². The Kier molecular flexibility index (Phi) is 6.51. The Morgan fingerprint density at radius 3 is 2.12 bits per heavy atom. The summed E-state index contributed by atoms with van der Waals surface area (Å²) < 4.78 is 44.5. The summed E-state index contributed by atoms with van der Waals surface area (Å²) in [6.07, 6.45) is -7.07. The summed E-state index contributed by atoms with van der Waals surface area (Å²) in [5, 5.41) is -0.0813. The topological polar surface area (TPSA) is 52.6 Å². The largest absolute Gasteiger partial charge is 0.490 e. The number of ether oxygens (including phenoxy) is 2. The monoisotopic (exact) mass is 320 g/mol. The number of alkyl halides is 4. The Bertz CT molecular complexity index is 278. The molecule has 1 unspecified atom stereocenters. The van der Waals surface area contributed by atoms with Crippen molar-refractivity contribution in [1.29, 1.82) is 0 Å². The predicted molar refractivity (Wildman–Crippen MR) is 55.6 cm³/mol. The van der Waals surface area contributed by atoms with E-state index in [1.807, 2.05) is 0 Å². The van der Waals surface area contributed by atoms with Crippen molar-refractivity contribution in [2.24, 2.45) is 0 Å². The Hall–Kier alpha value is -0.790. The summed E-state index contributed by atoms with van der Waals surface area (Å²) in [6.45, 7) is 3.20. The van der Waals surface area contributed by atoms with E-state index in [2.05, 4.69) is 20.7 Å². The van der Waals surface area contributed by atoms with Gasteiger partial charge < -0.3 is 9.47 Å². The molecule has 8 heteroatoms. The van der Waals surface area contributed by atoms with Crippen molar-refractivity contribution >= 4 is 27.9 Å². The zero-order valence-corrected chi connectivity index (χ0v) is 10.8. The van der Waals surface area contributed by atoms with Gasteiger partial charge in [0.25, 0.3) is 0 Å². The number of hydrogen-bond acceptors (Lipinski definition) is 4. The van der Waals surface area contributed by atoms with Crippen LogP contribution in [-0.2, 0) is 19.1 Å². The molecule has 0 aliphatic heterocycles. The van der Waals surface area contributed by atoms with Crippen LogP contribution in [0.5, 0.6) is 0 Å². The van der Waals surface area contributed by atoms with Crippen molar-refractivity contribution < 1.29 is 32.2 Å². The molecule has 0 aliphatic rings. The van der Waals surface area contributed by atoms with Crippen LogP contribution < -0.4 is 0 Å². The number of carbonyl (C=O) groups is 2. The average molecular weight is 321 g/mol. The third-order valence-electron chi connectivity index (χ3n) is 1.44. The van der Waals surface area contributed by atoms with E-state index in [1.165, 1.54) is 0 Å². The van der Waals surface area contributed by atoms with Gasteiger partial charge in [0.1, 0.15) is 6.10 Å². The molecule has 17 heavy (non-hydrogen) atoms. The van der Waals surface area contributed by atoms with Gasteiger partial charge in [-0.2, -0.15) is 13.2 Å². The maximum Gasteiger partial charge on any atom is 0.490 e. The Balaban J connectivity index is 4.26. The molecule has 0 aliphatic carbocycles. The number of esters is 2. The number of carbonyl (C=O) groups excluding carboxylic acids is 2. The summed E-state index contributed by atoms with van der Waals surface area (Å²) in [7, 11) is 0. The van der Waals surface area contributed by atoms with Crippen molar-refractivity contribution in [3.05, 3.63) is 0 Å². The van der Waals surface area contributed by atoms with Crippen LogP contribution in [0, 0.1) is 0 Å². The van der Waals surface area contributed by atoms with E-state index in [4.69, 9.17) is 4.74 Å². The fourth-order valence-electron chi connectivity index (χ4n) is 0.843. The van der Waals surface area contributed by atoms with Gasteiger partial charge >= 0.3 is 18.1 Å². The minimum atomic E-state index is -5.07. The average Bonchev–Trinajstić information content (AvgIpc) is 2.13. The van der Waals surface area contributed by atoms with E-state index in [0.717, 1.165) is 0 Å². The zero-order valence-electron chi connectivity index (χ0n) is 9.21. The molecule has 100 valence electrons. The fourth-order valence-corrected chi connectivity index (χ4v) is 1.20. The molecule has 0 aromatic heterocycles. The van der Waals surface area contributed by atoms with Crippen molar-refractivity contribution in [2.45, 2.75) is 38.7 Å². The highest BCUT2D eigenvalue weighted by atomic mass is 79.9. The molecule has 0 aromatic carbocycles. The van der Waals surface area contributed by atoms with Crippen LogP contribution in [0.1, 0.15) is 20.3 Å². The summed E-state index contributed by atoms with van der Waals surface area (Å²) in [6, 6.07) is 0. The quantitative estimate of drug-likeness (QED) is 0.575. The van der Waals surface area contributed by atoms with Crippen molar-refractivity contribution in [3.8, 4) is 0 Å². The third kappa shape index (κ3) is 7.19. The highest BCUT2D eigenvalue weighted by Gasteiger charge is 2.42. The molecule has 0 amide bonds. The van der Waals surface area contributed by atoms with Gasteiger partial charge in [0.15, 0.2) is 0 Å². The molecular formula is C9H12BrF3O4. The molecule has 0 saturated heterocycles. The molecule has 0 N–H and O–H groups in total. The molecule has 0 aromatic rings. The summed E-state index contributed by atoms with van der Waals surface area (Å²) in [5.41, 5.74) is 0. The van der Waals surface area contributed by atoms with E-state index in [0.29, 0.717) is 0 Å². The second-order valence-electron chi connectivity index (χ2n) is 3.42. The van der Waals surface area contributed by atoms with Crippen LogP contribution in [0.2, 0.25) is 0 Å². The molecule has 0 rings (SSSR count). The highest BCUT2D eigenvalue weighted by molar-refractivity contribution is 9.09. The smallest absolute Gasteiger partial charge is 0.463 e. The fraction of sp³-hybridized carbons (Fsp3) is 0.778. The first-order chi connectivity index (χ1) is 7.66. The van der Waals surface area contributed by atoms with Gasteiger partial charge in [0.05, 0.1) is 12.5 Å². The highest BCUT2D eigenvalue weighted by Crippen LogP contribution is 2.19. The molecule has 1 atom stereocenters. The Labute approximate surface area is 105 Å². The maximum absolute atomic E-state index is 11.9. The van der Waals surface area contributed by atoms with Crippen LogP contribution in [-0.4, -0.2) is 35.7 Å². The molecule has 0 radical (unpaired) electrons. The molecule has 0 spiro atoms. The standard InChI is InChI=1S/C9H12BrF3O4/c1-5(2)16-7(14)3-6(4-10)17-8(15)9(11,12)13/h5-6H,3-4H2,1-2H3. The number of halogens is 4. The van der Waals surface area contributed by atoms with Crippen LogP contribution in [0.25, 0.3) is 0 Å². The minimum Gasteiger partial charge on any atom is -0.463 e.